The third-order valence-corrected chi connectivity index (χ3v) is 4.90. The Morgan fingerprint density at radius 2 is 1.70 bits per heavy atom. The minimum Gasteiger partial charge on any atom is -0.490 e. The summed E-state index contributed by atoms with van der Waals surface area (Å²) >= 11 is 18.4. The molecule has 2 aromatic rings. The average molecular weight is 433 g/mol. The summed E-state index contributed by atoms with van der Waals surface area (Å²) in [5.41, 5.74) is 1.87. The molecule has 0 spiro atoms. The quantitative estimate of drug-likeness (QED) is 0.459. The van der Waals surface area contributed by atoms with Crippen LogP contribution in [-0.2, 0) is 17.9 Å². The highest BCUT2D eigenvalue weighted by Crippen LogP contribution is 2.34. The van der Waals surface area contributed by atoms with Crippen LogP contribution < -0.4 is 14.8 Å². The molecule has 2 rings (SSSR count). The number of halogens is 3. The van der Waals surface area contributed by atoms with Crippen molar-refractivity contribution in [3.63, 3.8) is 0 Å². The smallest absolute Gasteiger partial charge is 0.163 e. The molecule has 1 N–H and O–H groups in total. The lowest BCUT2D eigenvalue weighted by molar-refractivity contribution is 0.194. The van der Waals surface area contributed by atoms with E-state index in [-0.39, 0.29) is 0 Å². The fourth-order valence-electron chi connectivity index (χ4n) is 2.45. The predicted molar refractivity (Wildman–Crippen MR) is 112 cm³/mol. The number of methoxy groups -OCH3 is 1. The second-order valence-corrected chi connectivity index (χ2v) is 7.11. The summed E-state index contributed by atoms with van der Waals surface area (Å²) in [6, 6.07) is 9.10. The van der Waals surface area contributed by atoms with Gasteiger partial charge in [-0.05, 0) is 49.2 Å². The van der Waals surface area contributed by atoms with Gasteiger partial charge in [-0.1, -0.05) is 40.9 Å². The summed E-state index contributed by atoms with van der Waals surface area (Å²) in [7, 11) is 1.70. The van der Waals surface area contributed by atoms with Crippen LogP contribution in [0.15, 0.2) is 30.3 Å². The van der Waals surface area contributed by atoms with Crippen molar-refractivity contribution in [3.05, 3.63) is 56.5 Å². The number of hydrogen-bond donors (Lipinski definition) is 1. The van der Waals surface area contributed by atoms with E-state index in [9.17, 15) is 0 Å². The third-order valence-electron chi connectivity index (χ3n) is 3.81. The molecule has 0 unspecified atom stereocenters. The maximum absolute atomic E-state index is 6.43. The van der Waals surface area contributed by atoms with Crippen molar-refractivity contribution in [3.8, 4) is 11.5 Å². The van der Waals surface area contributed by atoms with Crippen LogP contribution in [0.3, 0.4) is 0 Å². The number of nitrogens with one attached hydrogen (secondary N) is 1. The lowest BCUT2D eigenvalue weighted by Gasteiger charge is -2.15. The van der Waals surface area contributed by atoms with Gasteiger partial charge in [0.1, 0.15) is 6.61 Å². The molecule has 0 fully saturated rings. The lowest BCUT2D eigenvalue weighted by Crippen LogP contribution is -2.16. The van der Waals surface area contributed by atoms with Gasteiger partial charge >= 0.3 is 0 Å². The molecule has 0 heterocycles. The van der Waals surface area contributed by atoms with E-state index < -0.39 is 0 Å². The highest BCUT2D eigenvalue weighted by atomic mass is 35.5. The Kier molecular flexibility index (Phi) is 9.52. The van der Waals surface area contributed by atoms with Gasteiger partial charge in [0.15, 0.2) is 11.5 Å². The fraction of sp³-hybridized carbons (Fsp3) is 0.400. The molecule has 4 nitrogen and oxygen atoms in total. The van der Waals surface area contributed by atoms with E-state index in [0.717, 1.165) is 30.7 Å². The zero-order valence-corrected chi connectivity index (χ0v) is 17.8. The van der Waals surface area contributed by atoms with Gasteiger partial charge in [0.05, 0.1) is 16.7 Å². The number of benzene rings is 2. The first-order valence-electron chi connectivity index (χ1n) is 8.76. The average Bonchev–Trinajstić information content (AvgIpc) is 2.65. The van der Waals surface area contributed by atoms with E-state index >= 15 is 0 Å². The van der Waals surface area contributed by atoms with Gasteiger partial charge in [-0.3, -0.25) is 0 Å². The molecule has 7 heteroatoms. The van der Waals surface area contributed by atoms with Gasteiger partial charge in [0.2, 0.25) is 0 Å². The Bertz CT molecular complexity index is 741. The molecule has 0 saturated heterocycles. The molecule has 0 aromatic heterocycles. The van der Waals surface area contributed by atoms with Crippen molar-refractivity contribution in [2.24, 2.45) is 0 Å². The van der Waals surface area contributed by atoms with Crippen molar-refractivity contribution in [1.82, 2.24) is 5.32 Å². The second kappa shape index (κ2) is 11.6. The van der Waals surface area contributed by atoms with E-state index in [4.69, 9.17) is 49.0 Å². The van der Waals surface area contributed by atoms with Gasteiger partial charge in [-0.15, -0.1) is 0 Å². The first-order chi connectivity index (χ1) is 13.0. The van der Waals surface area contributed by atoms with Gasteiger partial charge in [0.25, 0.3) is 0 Å². The fourth-order valence-corrected chi connectivity index (χ4v) is 2.99. The first-order valence-corrected chi connectivity index (χ1v) is 9.90. The summed E-state index contributed by atoms with van der Waals surface area (Å²) in [6.45, 7) is 5.03. The van der Waals surface area contributed by atoms with E-state index in [1.807, 2.05) is 19.1 Å². The monoisotopic (exact) mass is 431 g/mol. The molecule has 0 saturated carbocycles. The Morgan fingerprint density at radius 1 is 0.926 bits per heavy atom. The Balaban J connectivity index is 2.06. The van der Waals surface area contributed by atoms with E-state index in [0.29, 0.717) is 46.3 Å². The van der Waals surface area contributed by atoms with Crippen molar-refractivity contribution >= 4 is 34.8 Å². The van der Waals surface area contributed by atoms with Crippen molar-refractivity contribution in [2.75, 3.05) is 26.9 Å². The van der Waals surface area contributed by atoms with Crippen LogP contribution in [-0.4, -0.2) is 26.9 Å². The van der Waals surface area contributed by atoms with Crippen molar-refractivity contribution in [2.45, 2.75) is 26.5 Å². The molecule has 0 aliphatic rings. The number of hydrogen-bond acceptors (Lipinski definition) is 4. The van der Waals surface area contributed by atoms with E-state index in [1.165, 1.54) is 0 Å². The zero-order valence-electron chi connectivity index (χ0n) is 15.5. The van der Waals surface area contributed by atoms with Crippen LogP contribution in [0.25, 0.3) is 0 Å². The molecule has 0 atom stereocenters. The molecule has 0 amide bonds. The SMILES string of the molecule is CCOc1cc(CNCCCOC)c(Cl)cc1OCc1ccc(Cl)c(Cl)c1. The molecule has 2 aromatic carbocycles. The van der Waals surface area contributed by atoms with Gasteiger partial charge in [-0.25, -0.2) is 0 Å². The molecule has 27 heavy (non-hydrogen) atoms. The second-order valence-electron chi connectivity index (χ2n) is 5.88. The zero-order chi connectivity index (χ0) is 19.6. The Morgan fingerprint density at radius 3 is 2.41 bits per heavy atom. The number of rotatable bonds is 11. The topological polar surface area (TPSA) is 39.7 Å². The molecular formula is C20H24Cl3NO3. The number of ether oxygens (including phenoxy) is 3. The van der Waals surface area contributed by atoms with Crippen LogP contribution in [0.4, 0.5) is 0 Å². The lowest BCUT2D eigenvalue weighted by atomic mass is 10.2. The largest absolute Gasteiger partial charge is 0.490 e. The summed E-state index contributed by atoms with van der Waals surface area (Å²) in [6.07, 6.45) is 0.942. The van der Waals surface area contributed by atoms with Gasteiger partial charge in [-0.2, -0.15) is 0 Å². The van der Waals surface area contributed by atoms with Crippen LogP contribution in [0, 0.1) is 0 Å². The minimum absolute atomic E-state index is 0.335. The normalized spacial score (nSPS) is 10.9. The van der Waals surface area contributed by atoms with Crippen LogP contribution in [0.2, 0.25) is 15.1 Å². The van der Waals surface area contributed by atoms with Gasteiger partial charge in [0, 0.05) is 31.4 Å². The van der Waals surface area contributed by atoms with Crippen LogP contribution in [0.5, 0.6) is 11.5 Å². The molecule has 0 radical (unpaired) electrons. The summed E-state index contributed by atoms with van der Waals surface area (Å²) < 4.78 is 16.7. The van der Waals surface area contributed by atoms with Crippen molar-refractivity contribution < 1.29 is 14.2 Å². The maximum atomic E-state index is 6.43. The van der Waals surface area contributed by atoms with E-state index in [2.05, 4.69) is 5.32 Å². The predicted octanol–water partition coefficient (Wildman–Crippen LogP) is 5.75. The van der Waals surface area contributed by atoms with Crippen LogP contribution >= 0.6 is 34.8 Å². The highest BCUT2D eigenvalue weighted by molar-refractivity contribution is 6.42. The highest BCUT2D eigenvalue weighted by Gasteiger charge is 2.12. The summed E-state index contributed by atoms with van der Waals surface area (Å²) in [5.74, 6) is 1.26. The molecule has 148 valence electrons. The van der Waals surface area contributed by atoms with Crippen LogP contribution in [0.1, 0.15) is 24.5 Å². The standard InChI is InChI=1S/C20H24Cl3NO3/c1-3-26-19-10-15(12-24-7-4-8-25-2)17(22)11-20(19)27-13-14-5-6-16(21)18(23)9-14/h5-6,9-11,24H,3-4,7-8,12-13H2,1-2H3. The molecule has 0 aliphatic carbocycles. The summed E-state index contributed by atoms with van der Waals surface area (Å²) in [5, 5.41) is 4.98. The van der Waals surface area contributed by atoms with Crippen molar-refractivity contribution in [1.29, 1.82) is 0 Å². The maximum Gasteiger partial charge on any atom is 0.163 e. The molecule has 0 bridgehead atoms. The first kappa shape index (κ1) is 22.1. The minimum atomic E-state index is 0.335. The Labute approximate surface area is 175 Å². The molecular weight excluding hydrogens is 409 g/mol. The third kappa shape index (κ3) is 7.05. The Hall–Kier alpha value is -1.17. The molecule has 0 aliphatic heterocycles. The van der Waals surface area contributed by atoms with E-state index in [1.54, 1.807) is 25.3 Å². The van der Waals surface area contributed by atoms with Gasteiger partial charge < -0.3 is 19.5 Å². The summed E-state index contributed by atoms with van der Waals surface area (Å²) in [4.78, 5) is 0.